The van der Waals surface area contributed by atoms with Crippen LogP contribution in [0.2, 0.25) is 0 Å². The summed E-state index contributed by atoms with van der Waals surface area (Å²) in [5.41, 5.74) is 0.772. The maximum atomic E-state index is 11.7. The monoisotopic (exact) mass is 394 g/mol. The van der Waals surface area contributed by atoms with Crippen LogP contribution in [0.25, 0.3) is 0 Å². The van der Waals surface area contributed by atoms with Crippen LogP contribution in [0.15, 0.2) is 30.3 Å². The fourth-order valence-corrected chi connectivity index (χ4v) is 3.23. The third kappa shape index (κ3) is 4.67. The van der Waals surface area contributed by atoms with Crippen LogP contribution in [0.3, 0.4) is 0 Å². The fourth-order valence-electron chi connectivity index (χ4n) is 3.23. The summed E-state index contributed by atoms with van der Waals surface area (Å²) in [5, 5.41) is 0. The van der Waals surface area contributed by atoms with Crippen LogP contribution < -0.4 is 0 Å². The van der Waals surface area contributed by atoms with Gasteiger partial charge >= 0.3 is 17.9 Å². The molecule has 2 heterocycles. The van der Waals surface area contributed by atoms with E-state index in [1.165, 1.54) is 20.8 Å². The molecule has 2 aliphatic heterocycles. The number of carbonyl (C=O) groups excluding carboxylic acids is 3. The molecule has 0 aromatic heterocycles. The van der Waals surface area contributed by atoms with Crippen molar-refractivity contribution in [2.45, 2.75) is 57.8 Å². The van der Waals surface area contributed by atoms with Crippen LogP contribution in [-0.2, 0) is 42.8 Å². The topological polar surface area (TPSA) is 107 Å². The van der Waals surface area contributed by atoms with Crippen molar-refractivity contribution in [3.05, 3.63) is 35.9 Å². The van der Waals surface area contributed by atoms with Crippen LogP contribution in [-0.4, -0.2) is 55.2 Å². The van der Waals surface area contributed by atoms with E-state index in [0.29, 0.717) is 0 Å². The molecule has 0 bridgehead atoms. The molecule has 1 aromatic carbocycles. The third-order valence-electron chi connectivity index (χ3n) is 4.24. The van der Waals surface area contributed by atoms with Crippen LogP contribution in [0.4, 0.5) is 0 Å². The van der Waals surface area contributed by atoms with Crippen molar-refractivity contribution in [1.82, 2.24) is 0 Å². The van der Waals surface area contributed by atoms with E-state index in [2.05, 4.69) is 0 Å². The minimum absolute atomic E-state index is 0.104. The molecule has 1 aromatic rings. The molecule has 0 spiro atoms. The molecule has 152 valence electrons. The molecule has 0 unspecified atom stereocenters. The molecule has 6 atom stereocenters. The molecule has 0 N–H and O–H groups in total. The molecule has 2 saturated heterocycles. The van der Waals surface area contributed by atoms with Gasteiger partial charge in [-0.3, -0.25) is 14.4 Å². The standard InChI is InChI=1S/C19H22O9/c1-10(20)24-16-15-14(9-23-18(28-15)13-7-5-4-6-8-13)27-19(26-12(3)22)17(16)25-11(2)21/h4-8,14-19H,9H2,1-3H3/t14-,15-,16+,17-,18+,19+/m1/s1. The summed E-state index contributed by atoms with van der Waals surface area (Å²) in [6, 6.07) is 9.21. The van der Waals surface area contributed by atoms with Crippen molar-refractivity contribution in [1.29, 1.82) is 0 Å². The van der Waals surface area contributed by atoms with Crippen molar-refractivity contribution in [2.24, 2.45) is 0 Å². The van der Waals surface area contributed by atoms with E-state index in [4.69, 9.17) is 28.4 Å². The number of fused-ring (bicyclic) bond motifs is 1. The smallest absolute Gasteiger partial charge is 0.305 e. The van der Waals surface area contributed by atoms with Crippen LogP contribution in [0, 0.1) is 0 Å². The lowest BCUT2D eigenvalue weighted by atomic mass is 9.97. The SMILES string of the molecule is CC(=O)O[C@H]1O[C@@H]2CO[C@H](c3ccccc3)O[C@H]2[C@H](OC(C)=O)[C@H]1OC(C)=O. The summed E-state index contributed by atoms with van der Waals surface area (Å²) in [6.07, 6.45) is -5.68. The van der Waals surface area contributed by atoms with E-state index in [0.717, 1.165) is 5.56 Å². The maximum absolute atomic E-state index is 11.7. The normalized spacial score (nSPS) is 32.0. The Morgan fingerprint density at radius 2 is 1.46 bits per heavy atom. The molecule has 0 aliphatic carbocycles. The van der Waals surface area contributed by atoms with Gasteiger partial charge in [0.05, 0.1) is 6.61 Å². The van der Waals surface area contributed by atoms with Gasteiger partial charge < -0.3 is 28.4 Å². The molecule has 0 amide bonds. The third-order valence-corrected chi connectivity index (χ3v) is 4.24. The largest absolute Gasteiger partial charge is 0.455 e. The second kappa shape index (κ2) is 8.68. The Balaban J connectivity index is 1.88. The van der Waals surface area contributed by atoms with Gasteiger partial charge in [-0.25, -0.2) is 0 Å². The van der Waals surface area contributed by atoms with Gasteiger partial charge in [-0.05, 0) is 0 Å². The zero-order valence-electron chi connectivity index (χ0n) is 15.7. The molecule has 3 rings (SSSR count). The van der Waals surface area contributed by atoms with Crippen molar-refractivity contribution >= 4 is 17.9 Å². The first-order valence-corrected chi connectivity index (χ1v) is 8.84. The Kier molecular flexibility index (Phi) is 6.28. The molecule has 9 heteroatoms. The molecule has 0 radical (unpaired) electrons. The van der Waals surface area contributed by atoms with Gasteiger partial charge in [0, 0.05) is 26.3 Å². The number of ether oxygens (including phenoxy) is 6. The lowest BCUT2D eigenvalue weighted by Gasteiger charge is -2.47. The highest BCUT2D eigenvalue weighted by Gasteiger charge is 2.54. The highest BCUT2D eigenvalue weighted by atomic mass is 16.8. The van der Waals surface area contributed by atoms with Gasteiger partial charge in [0.15, 0.2) is 12.4 Å². The molecule has 2 fully saturated rings. The van der Waals surface area contributed by atoms with Gasteiger partial charge in [0.2, 0.25) is 12.4 Å². The number of benzene rings is 1. The Hall–Kier alpha value is -2.49. The van der Waals surface area contributed by atoms with E-state index in [9.17, 15) is 14.4 Å². The average molecular weight is 394 g/mol. The van der Waals surface area contributed by atoms with Crippen molar-refractivity contribution in [3.63, 3.8) is 0 Å². The fraction of sp³-hybridized carbons (Fsp3) is 0.526. The van der Waals surface area contributed by atoms with Crippen molar-refractivity contribution in [2.75, 3.05) is 6.61 Å². The second-order valence-electron chi connectivity index (χ2n) is 6.48. The number of hydrogen-bond acceptors (Lipinski definition) is 9. The molecule has 0 saturated carbocycles. The van der Waals surface area contributed by atoms with Crippen molar-refractivity contribution in [3.8, 4) is 0 Å². The van der Waals surface area contributed by atoms with Crippen LogP contribution in [0.1, 0.15) is 32.6 Å². The Labute approximate surface area is 161 Å². The predicted molar refractivity (Wildman–Crippen MR) is 91.5 cm³/mol. The Morgan fingerprint density at radius 1 is 0.857 bits per heavy atom. The van der Waals surface area contributed by atoms with Gasteiger partial charge in [0.1, 0.15) is 12.2 Å². The van der Waals surface area contributed by atoms with E-state index < -0.39 is 54.9 Å². The minimum atomic E-state index is -1.26. The quantitative estimate of drug-likeness (QED) is 0.551. The lowest BCUT2D eigenvalue weighted by molar-refractivity contribution is -0.356. The maximum Gasteiger partial charge on any atom is 0.305 e. The second-order valence-corrected chi connectivity index (χ2v) is 6.48. The average Bonchev–Trinajstić information content (AvgIpc) is 2.64. The van der Waals surface area contributed by atoms with Gasteiger partial charge in [-0.1, -0.05) is 30.3 Å². The molecule has 2 aliphatic rings. The summed E-state index contributed by atoms with van der Waals surface area (Å²) in [7, 11) is 0. The number of rotatable bonds is 4. The molecular formula is C19H22O9. The Bertz CT molecular complexity index is 719. The highest BCUT2D eigenvalue weighted by molar-refractivity contribution is 5.68. The summed E-state index contributed by atoms with van der Waals surface area (Å²) >= 11 is 0. The molecular weight excluding hydrogens is 372 g/mol. The van der Waals surface area contributed by atoms with Gasteiger partial charge in [-0.2, -0.15) is 0 Å². The van der Waals surface area contributed by atoms with E-state index in [1.54, 1.807) is 0 Å². The summed E-state index contributed by atoms with van der Waals surface area (Å²) in [6.45, 7) is 3.72. The summed E-state index contributed by atoms with van der Waals surface area (Å²) in [4.78, 5) is 34.8. The Morgan fingerprint density at radius 3 is 2.07 bits per heavy atom. The van der Waals surface area contributed by atoms with Crippen LogP contribution in [0.5, 0.6) is 0 Å². The summed E-state index contributed by atoms with van der Waals surface area (Å²) < 4.78 is 33.3. The van der Waals surface area contributed by atoms with Crippen LogP contribution >= 0.6 is 0 Å². The number of carbonyl (C=O) groups is 3. The predicted octanol–water partition coefficient (Wildman–Crippen LogP) is 1.25. The molecule has 9 nitrogen and oxygen atoms in total. The lowest BCUT2D eigenvalue weighted by Crippen LogP contribution is -2.64. The highest BCUT2D eigenvalue weighted by Crippen LogP contribution is 2.36. The first-order chi connectivity index (χ1) is 13.3. The first-order valence-electron chi connectivity index (χ1n) is 8.84. The number of esters is 3. The van der Waals surface area contributed by atoms with Crippen molar-refractivity contribution < 1.29 is 42.8 Å². The number of hydrogen-bond donors (Lipinski definition) is 0. The van der Waals surface area contributed by atoms with Gasteiger partial charge in [-0.15, -0.1) is 0 Å². The van der Waals surface area contributed by atoms with E-state index in [-0.39, 0.29) is 6.61 Å². The minimum Gasteiger partial charge on any atom is -0.455 e. The van der Waals surface area contributed by atoms with E-state index >= 15 is 0 Å². The van der Waals surface area contributed by atoms with Gasteiger partial charge in [0.25, 0.3) is 0 Å². The van der Waals surface area contributed by atoms with E-state index in [1.807, 2.05) is 30.3 Å². The summed E-state index contributed by atoms with van der Waals surface area (Å²) in [5.74, 6) is -1.88. The molecule has 28 heavy (non-hydrogen) atoms. The zero-order valence-corrected chi connectivity index (χ0v) is 15.7. The first kappa shape index (κ1) is 20.2. The zero-order chi connectivity index (χ0) is 20.3.